The largest absolute Gasteiger partial charge is 0.491 e. The van der Waals surface area contributed by atoms with Gasteiger partial charge in [-0.2, -0.15) is 0 Å². The van der Waals surface area contributed by atoms with Gasteiger partial charge in [0.15, 0.2) is 5.75 Å². The molecule has 2 aromatic rings. The second-order valence-corrected chi connectivity index (χ2v) is 7.70. The minimum atomic E-state index is -0.226. The Morgan fingerprint density at radius 2 is 1.69 bits per heavy atom. The van der Waals surface area contributed by atoms with Crippen LogP contribution in [0.4, 0.5) is 5.69 Å². The lowest BCUT2D eigenvalue weighted by atomic mass is 10.0. The molecule has 0 saturated heterocycles. The molecule has 0 spiro atoms. The molecule has 1 aromatic heterocycles. The van der Waals surface area contributed by atoms with E-state index < -0.39 is 0 Å². The van der Waals surface area contributed by atoms with Crippen LogP contribution in [0.15, 0.2) is 18.2 Å². The number of carbonyl (C=O) groups excluding carboxylic acids is 1. The third kappa shape index (κ3) is 5.72. The van der Waals surface area contributed by atoms with E-state index in [-0.39, 0.29) is 5.91 Å². The monoisotopic (exact) mass is 416 g/mol. The summed E-state index contributed by atoms with van der Waals surface area (Å²) in [6.45, 7) is 10.6. The summed E-state index contributed by atoms with van der Waals surface area (Å²) in [6, 6.07) is 6.13. The Labute approximate surface area is 180 Å². The Balaban J connectivity index is 2.36. The predicted molar refractivity (Wildman–Crippen MR) is 122 cm³/mol. The minimum Gasteiger partial charge on any atom is -0.491 e. The van der Waals surface area contributed by atoms with Gasteiger partial charge in [0.1, 0.15) is 10.6 Å². The molecule has 0 radical (unpaired) electrons. The average Bonchev–Trinajstić information content (AvgIpc) is 2.71. The molecule has 0 atom stereocenters. The third-order valence-electron chi connectivity index (χ3n) is 5.15. The Morgan fingerprint density at radius 3 is 2.28 bits per heavy atom. The maximum Gasteiger partial charge on any atom is 0.261 e. The molecule has 1 heterocycles. The van der Waals surface area contributed by atoms with Crippen LogP contribution in [0.5, 0.6) is 5.75 Å². The van der Waals surface area contributed by atoms with E-state index >= 15 is 0 Å². The molecule has 0 aliphatic rings. The number of para-hydroxylation sites is 1. The van der Waals surface area contributed by atoms with Gasteiger partial charge in [0.25, 0.3) is 5.91 Å². The molecule has 5 heteroatoms. The number of benzene rings is 1. The van der Waals surface area contributed by atoms with Crippen molar-refractivity contribution in [1.29, 1.82) is 0 Å². The van der Waals surface area contributed by atoms with Crippen LogP contribution in [0, 0.1) is 13.8 Å². The number of anilines is 1. The molecule has 1 N–H and O–H groups in total. The summed E-state index contributed by atoms with van der Waals surface area (Å²) < 4.78 is 6.02. The number of nitrogens with one attached hydrogen (secondary N) is 1. The number of halogens is 1. The summed E-state index contributed by atoms with van der Waals surface area (Å²) in [5, 5.41) is 3.53. The predicted octanol–water partition coefficient (Wildman–Crippen LogP) is 6.69. The number of aryl methyl sites for hydroxylation is 4. The van der Waals surface area contributed by atoms with Crippen molar-refractivity contribution in [1.82, 2.24) is 4.98 Å². The van der Waals surface area contributed by atoms with Crippen LogP contribution < -0.4 is 10.1 Å². The molecule has 1 amide bonds. The van der Waals surface area contributed by atoms with E-state index in [1.807, 2.05) is 32.0 Å². The fourth-order valence-corrected chi connectivity index (χ4v) is 3.67. The van der Waals surface area contributed by atoms with Crippen LogP contribution in [0.25, 0.3) is 0 Å². The normalized spacial score (nSPS) is 10.8. The Hall–Kier alpha value is -2.07. The fourth-order valence-electron chi connectivity index (χ4n) is 3.48. The first-order valence-electron chi connectivity index (χ1n) is 10.7. The van der Waals surface area contributed by atoms with Crippen LogP contribution in [0.2, 0.25) is 5.02 Å². The van der Waals surface area contributed by atoms with Crippen LogP contribution >= 0.6 is 11.6 Å². The number of aromatic nitrogens is 1. The van der Waals surface area contributed by atoms with Gasteiger partial charge in [0.05, 0.1) is 18.0 Å². The standard InChI is InChI=1S/C24H33ClN2O2/c1-6-9-10-11-15-29-23-20(16(4)26-17(5)21(23)25)24(28)27-22-18(7-2)13-12-14-19(22)8-3/h12-14H,6-11,15H2,1-5H3,(H,27,28). The number of nitrogens with zero attached hydrogens (tertiary/aromatic N) is 1. The van der Waals surface area contributed by atoms with Crippen molar-refractivity contribution in [3.05, 3.63) is 51.3 Å². The van der Waals surface area contributed by atoms with Crippen molar-refractivity contribution in [3.63, 3.8) is 0 Å². The van der Waals surface area contributed by atoms with Gasteiger partial charge >= 0.3 is 0 Å². The number of rotatable bonds is 10. The minimum absolute atomic E-state index is 0.226. The lowest BCUT2D eigenvalue weighted by molar-refractivity contribution is 0.102. The maximum absolute atomic E-state index is 13.3. The molecular weight excluding hydrogens is 384 g/mol. The van der Waals surface area contributed by atoms with E-state index in [4.69, 9.17) is 16.3 Å². The third-order valence-corrected chi connectivity index (χ3v) is 5.60. The molecule has 0 fully saturated rings. The number of ether oxygens (including phenoxy) is 1. The molecule has 0 bridgehead atoms. The van der Waals surface area contributed by atoms with Gasteiger partial charge in [-0.05, 0) is 44.2 Å². The van der Waals surface area contributed by atoms with Crippen LogP contribution in [-0.2, 0) is 12.8 Å². The van der Waals surface area contributed by atoms with Crippen LogP contribution in [0.1, 0.15) is 79.3 Å². The lowest BCUT2D eigenvalue weighted by Crippen LogP contribution is -2.19. The SMILES string of the molecule is CCCCCCOc1c(Cl)c(C)nc(C)c1C(=O)Nc1c(CC)cccc1CC. The van der Waals surface area contributed by atoms with E-state index in [2.05, 4.69) is 31.1 Å². The zero-order chi connectivity index (χ0) is 21.4. The van der Waals surface area contributed by atoms with Gasteiger partial charge in [0, 0.05) is 5.69 Å². The second-order valence-electron chi connectivity index (χ2n) is 7.32. The highest BCUT2D eigenvalue weighted by atomic mass is 35.5. The van der Waals surface area contributed by atoms with E-state index in [9.17, 15) is 4.79 Å². The van der Waals surface area contributed by atoms with E-state index in [0.717, 1.165) is 42.5 Å². The van der Waals surface area contributed by atoms with Gasteiger partial charge in [-0.3, -0.25) is 9.78 Å². The zero-order valence-corrected chi connectivity index (χ0v) is 19.1. The Kier molecular flexibility index (Phi) is 8.97. The molecule has 1 aromatic carbocycles. The van der Waals surface area contributed by atoms with Gasteiger partial charge < -0.3 is 10.1 Å². The topological polar surface area (TPSA) is 51.2 Å². The summed E-state index contributed by atoms with van der Waals surface area (Å²) >= 11 is 6.51. The van der Waals surface area contributed by atoms with Gasteiger partial charge in [-0.15, -0.1) is 0 Å². The molecule has 0 saturated carbocycles. The molecule has 29 heavy (non-hydrogen) atoms. The van der Waals surface area contributed by atoms with Crippen molar-refractivity contribution in [2.24, 2.45) is 0 Å². The lowest BCUT2D eigenvalue weighted by Gasteiger charge is -2.19. The van der Waals surface area contributed by atoms with E-state index in [1.165, 1.54) is 12.8 Å². The molecule has 0 unspecified atom stereocenters. The van der Waals surface area contributed by atoms with Gasteiger partial charge in [-0.1, -0.05) is 69.8 Å². The average molecular weight is 417 g/mol. The molecule has 158 valence electrons. The first kappa shape index (κ1) is 23.2. The van der Waals surface area contributed by atoms with Crippen molar-refractivity contribution in [3.8, 4) is 5.75 Å². The molecular formula is C24H33ClN2O2. The second kappa shape index (κ2) is 11.2. The summed E-state index contributed by atoms with van der Waals surface area (Å²) in [7, 11) is 0. The fraction of sp³-hybridized carbons (Fsp3) is 0.500. The van der Waals surface area contributed by atoms with Gasteiger partial charge in [0.2, 0.25) is 0 Å². The highest BCUT2D eigenvalue weighted by Crippen LogP contribution is 2.34. The summed E-state index contributed by atoms with van der Waals surface area (Å²) in [5.41, 5.74) is 4.83. The highest BCUT2D eigenvalue weighted by molar-refractivity contribution is 6.33. The number of hydrogen-bond donors (Lipinski definition) is 1. The first-order chi connectivity index (χ1) is 13.9. The van der Waals surface area contributed by atoms with E-state index in [1.54, 1.807) is 0 Å². The van der Waals surface area contributed by atoms with Crippen LogP contribution in [0.3, 0.4) is 0 Å². The van der Waals surface area contributed by atoms with Crippen LogP contribution in [-0.4, -0.2) is 17.5 Å². The molecule has 2 rings (SSSR count). The molecule has 0 aliphatic heterocycles. The summed E-state index contributed by atoms with van der Waals surface area (Å²) in [6.07, 6.45) is 6.06. The smallest absolute Gasteiger partial charge is 0.261 e. The number of unbranched alkanes of at least 4 members (excludes halogenated alkanes) is 3. The number of amides is 1. The van der Waals surface area contributed by atoms with Crippen molar-refractivity contribution in [2.75, 3.05) is 11.9 Å². The molecule has 4 nitrogen and oxygen atoms in total. The Morgan fingerprint density at radius 1 is 1.03 bits per heavy atom. The number of hydrogen-bond acceptors (Lipinski definition) is 3. The van der Waals surface area contributed by atoms with Crippen molar-refractivity contribution >= 4 is 23.2 Å². The maximum atomic E-state index is 13.3. The summed E-state index contributed by atoms with van der Waals surface area (Å²) in [4.78, 5) is 17.8. The van der Waals surface area contributed by atoms with Gasteiger partial charge in [-0.25, -0.2) is 0 Å². The van der Waals surface area contributed by atoms with Crippen molar-refractivity contribution in [2.45, 2.75) is 73.1 Å². The van der Waals surface area contributed by atoms with E-state index in [0.29, 0.717) is 34.3 Å². The number of carbonyl (C=O) groups is 1. The zero-order valence-electron chi connectivity index (χ0n) is 18.3. The Bertz CT molecular complexity index is 827. The summed E-state index contributed by atoms with van der Waals surface area (Å²) in [5.74, 6) is 0.216. The number of pyridine rings is 1. The van der Waals surface area contributed by atoms with Crippen molar-refractivity contribution < 1.29 is 9.53 Å². The first-order valence-corrected chi connectivity index (χ1v) is 11.0. The quantitative estimate of drug-likeness (QED) is 0.439. The molecule has 0 aliphatic carbocycles. The highest BCUT2D eigenvalue weighted by Gasteiger charge is 2.23.